The first-order valence-corrected chi connectivity index (χ1v) is 8.29. The van der Waals surface area contributed by atoms with E-state index in [4.69, 9.17) is 0 Å². The highest BCUT2D eigenvalue weighted by atomic mass is 32.2. The van der Waals surface area contributed by atoms with Crippen LogP contribution in [0.3, 0.4) is 0 Å². The maximum atomic E-state index is 12.1. The number of likely N-dealkylation sites (N-methyl/N-ethyl adjacent to an activating group) is 1. The number of rotatable bonds is 5. The van der Waals surface area contributed by atoms with Gasteiger partial charge in [0.05, 0.1) is 11.9 Å². The van der Waals surface area contributed by atoms with E-state index < -0.39 is 16.1 Å². The summed E-state index contributed by atoms with van der Waals surface area (Å²) in [5.41, 5.74) is 0. The molecule has 1 heterocycles. The van der Waals surface area contributed by atoms with E-state index in [0.29, 0.717) is 32.5 Å². The van der Waals surface area contributed by atoms with Crippen molar-refractivity contribution in [2.24, 2.45) is 5.92 Å². The molecule has 0 bridgehead atoms. The van der Waals surface area contributed by atoms with Gasteiger partial charge in [0, 0.05) is 32.6 Å². The highest BCUT2D eigenvalue weighted by Crippen LogP contribution is 2.21. The van der Waals surface area contributed by atoms with Gasteiger partial charge < -0.3 is 10.0 Å². The molecule has 1 fully saturated rings. The Morgan fingerprint density at radius 2 is 1.95 bits per heavy atom. The van der Waals surface area contributed by atoms with Gasteiger partial charge in [-0.1, -0.05) is 0 Å². The summed E-state index contributed by atoms with van der Waals surface area (Å²) in [6, 6.07) is 0. The molecule has 7 heteroatoms. The number of hydrogen-bond acceptors (Lipinski definition) is 4. The third-order valence-electron chi connectivity index (χ3n) is 3.48. The van der Waals surface area contributed by atoms with Gasteiger partial charge in [-0.3, -0.25) is 4.79 Å². The molecule has 1 aliphatic rings. The van der Waals surface area contributed by atoms with E-state index >= 15 is 0 Å². The summed E-state index contributed by atoms with van der Waals surface area (Å²) >= 11 is 0. The normalized spacial score (nSPS) is 20.2. The number of nitrogens with zero attached hydrogens (tertiary/aromatic N) is 2. The van der Waals surface area contributed by atoms with Crippen LogP contribution in [0.5, 0.6) is 0 Å². The van der Waals surface area contributed by atoms with Crippen LogP contribution < -0.4 is 0 Å². The molecule has 1 unspecified atom stereocenters. The topological polar surface area (TPSA) is 77.9 Å². The highest BCUT2D eigenvalue weighted by Gasteiger charge is 2.31. The predicted molar refractivity (Wildman–Crippen MR) is 73.1 cm³/mol. The molecule has 1 amide bonds. The highest BCUT2D eigenvalue weighted by molar-refractivity contribution is 7.89. The Kier molecular flexibility index (Phi) is 5.76. The van der Waals surface area contributed by atoms with Gasteiger partial charge in [-0.15, -0.1) is 0 Å². The average molecular weight is 292 g/mol. The standard InChI is InChI=1S/C12H24N2O4S/c1-4-19(17,18)14-7-5-11(6-8-14)12(16)13(3)9-10(2)15/h10-11,15H,4-9H2,1-3H3. The van der Waals surface area contributed by atoms with E-state index in [1.807, 2.05) is 0 Å². The fourth-order valence-electron chi connectivity index (χ4n) is 2.36. The van der Waals surface area contributed by atoms with Crippen molar-refractivity contribution in [3.05, 3.63) is 0 Å². The molecule has 0 aliphatic carbocycles. The molecule has 1 aliphatic heterocycles. The van der Waals surface area contributed by atoms with Gasteiger partial charge in [0.1, 0.15) is 0 Å². The minimum atomic E-state index is -3.14. The first-order valence-electron chi connectivity index (χ1n) is 6.68. The Hall–Kier alpha value is -0.660. The van der Waals surface area contributed by atoms with Crippen molar-refractivity contribution < 1.29 is 18.3 Å². The zero-order valence-electron chi connectivity index (χ0n) is 11.9. The molecule has 0 spiro atoms. The Morgan fingerprint density at radius 1 is 1.42 bits per heavy atom. The molecule has 1 saturated heterocycles. The van der Waals surface area contributed by atoms with Gasteiger partial charge in [-0.05, 0) is 26.7 Å². The molecule has 6 nitrogen and oxygen atoms in total. The maximum absolute atomic E-state index is 12.1. The lowest BCUT2D eigenvalue weighted by atomic mass is 9.96. The molecular weight excluding hydrogens is 268 g/mol. The summed E-state index contributed by atoms with van der Waals surface area (Å²) in [4.78, 5) is 13.6. The second-order valence-electron chi connectivity index (χ2n) is 5.14. The van der Waals surface area contributed by atoms with Crippen LogP contribution >= 0.6 is 0 Å². The van der Waals surface area contributed by atoms with E-state index in [2.05, 4.69) is 0 Å². The van der Waals surface area contributed by atoms with Crippen LogP contribution in [-0.2, 0) is 14.8 Å². The molecule has 0 aromatic carbocycles. The maximum Gasteiger partial charge on any atom is 0.225 e. The van der Waals surface area contributed by atoms with E-state index in [1.165, 1.54) is 9.21 Å². The second-order valence-corrected chi connectivity index (χ2v) is 7.40. The van der Waals surface area contributed by atoms with Crippen LogP contribution in [0, 0.1) is 5.92 Å². The number of aliphatic hydroxyl groups excluding tert-OH is 1. The van der Waals surface area contributed by atoms with Crippen molar-refractivity contribution >= 4 is 15.9 Å². The molecule has 1 rings (SSSR count). The number of carbonyl (C=O) groups is 1. The summed E-state index contributed by atoms with van der Waals surface area (Å²) in [7, 11) is -1.47. The van der Waals surface area contributed by atoms with Crippen molar-refractivity contribution in [1.29, 1.82) is 0 Å². The van der Waals surface area contributed by atoms with Crippen molar-refractivity contribution in [1.82, 2.24) is 9.21 Å². The quantitative estimate of drug-likeness (QED) is 0.767. The van der Waals surface area contributed by atoms with Gasteiger partial charge in [-0.2, -0.15) is 0 Å². The van der Waals surface area contributed by atoms with E-state index in [9.17, 15) is 18.3 Å². The minimum absolute atomic E-state index is 0.00514. The van der Waals surface area contributed by atoms with Crippen LogP contribution in [0.15, 0.2) is 0 Å². The lowest BCUT2D eigenvalue weighted by Gasteiger charge is -2.32. The summed E-state index contributed by atoms with van der Waals surface area (Å²) in [5.74, 6) is -0.0328. The zero-order valence-corrected chi connectivity index (χ0v) is 12.7. The molecule has 0 aromatic heterocycles. The molecule has 112 valence electrons. The number of piperidine rings is 1. The Labute approximate surface area is 115 Å². The number of sulfonamides is 1. The van der Waals surface area contributed by atoms with Gasteiger partial charge in [0.25, 0.3) is 0 Å². The van der Waals surface area contributed by atoms with E-state index in [-0.39, 0.29) is 17.6 Å². The third kappa shape index (κ3) is 4.43. The van der Waals surface area contributed by atoms with Gasteiger partial charge in [-0.25, -0.2) is 12.7 Å². The molecule has 1 N–H and O–H groups in total. The fourth-order valence-corrected chi connectivity index (χ4v) is 3.49. The first-order chi connectivity index (χ1) is 8.77. The molecule has 0 saturated carbocycles. The molecule has 0 aromatic rings. The molecular formula is C12H24N2O4S. The Bertz CT molecular complexity index is 400. The van der Waals surface area contributed by atoms with E-state index in [1.54, 1.807) is 20.9 Å². The third-order valence-corrected chi connectivity index (χ3v) is 5.36. The second kappa shape index (κ2) is 6.67. The van der Waals surface area contributed by atoms with Crippen molar-refractivity contribution in [2.45, 2.75) is 32.8 Å². The summed E-state index contributed by atoms with van der Waals surface area (Å²) in [5, 5.41) is 9.27. The number of hydrogen-bond donors (Lipinski definition) is 1. The smallest absolute Gasteiger partial charge is 0.225 e. The SMILES string of the molecule is CCS(=O)(=O)N1CCC(C(=O)N(C)CC(C)O)CC1. The monoisotopic (exact) mass is 292 g/mol. The largest absolute Gasteiger partial charge is 0.392 e. The molecule has 0 radical (unpaired) electrons. The summed E-state index contributed by atoms with van der Waals surface area (Å²) in [6.45, 7) is 4.40. The summed E-state index contributed by atoms with van der Waals surface area (Å²) < 4.78 is 24.9. The number of amides is 1. The van der Waals surface area contributed by atoms with Gasteiger partial charge >= 0.3 is 0 Å². The predicted octanol–water partition coefficient (Wildman–Crippen LogP) is -0.113. The molecule has 19 heavy (non-hydrogen) atoms. The minimum Gasteiger partial charge on any atom is -0.392 e. The molecule has 1 atom stereocenters. The average Bonchev–Trinajstić information content (AvgIpc) is 2.37. The van der Waals surface area contributed by atoms with E-state index in [0.717, 1.165) is 0 Å². The van der Waals surface area contributed by atoms with Crippen molar-refractivity contribution in [3.8, 4) is 0 Å². The zero-order chi connectivity index (χ0) is 14.6. The van der Waals surface area contributed by atoms with Gasteiger partial charge in [0.2, 0.25) is 15.9 Å². The Morgan fingerprint density at radius 3 is 2.37 bits per heavy atom. The van der Waals surface area contributed by atoms with Crippen molar-refractivity contribution in [3.63, 3.8) is 0 Å². The van der Waals surface area contributed by atoms with Crippen LogP contribution in [0.25, 0.3) is 0 Å². The van der Waals surface area contributed by atoms with Crippen LogP contribution in [-0.4, -0.2) is 67.2 Å². The number of carbonyl (C=O) groups excluding carboxylic acids is 1. The fraction of sp³-hybridized carbons (Fsp3) is 0.917. The first kappa shape index (κ1) is 16.4. The Balaban J connectivity index is 2.52. The summed E-state index contributed by atoms with van der Waals surface area (Å²) in [6.07, 6.45) is 0.569. The lowest BCUT2D eigenvalue weighted by molar-refractivity contribution is -0.136. The van der Waals surface area contributed by atoms with Crippen LogP contribution in [0.2, 0.25) is 0 Å². The van der Waals surface area contributed by atoms with Crippen molar-refractivity contribution in [2.75, 3.05) is 32.4 Å². The lowest BCUT2D eigenvalue weighted by Crippen LogP contribution is -2.45. The van der Waals surface area contributed by atoms with Crippen LogP contribution in [0.4, 0.5) is 0 Å². The number of aliphatic hydroxyl groups is 1. The van der Waals surface area contributed by atoms with Gasteiger partial charge in [0.15, 0.2) is 0 Å². The van der Waals surface area contributed by atoms with Crippen LogP contribution in [0.1, 0.15) is 26.7 Å².